The van der Waals surface area contributed by atoms with Crippen molar-refractivity contribution in [2.45, 2.75) is 63.2 Å². The number of carbonyl (C=O) groups is 1. The number of carbonyl (C=O) groups excluding carboxylic acids is 1. The molecule has 0 saturated heterocycles. The van der Waals surface area contributed by atoms with Crippen LogP contribution in [0.5, 0.6) is 0 Å². The van der Waals surface area contributed by atoms with Gasteiger partial charge in [-0.1, -0.05) is 54.1 Å². The molecule has 0 radical (unpaired) electrons. The minimum Gasteiger partial charge on any atom is -0.352 e. The predicted molar refractivity (Wildman–Crippen MR) is 127 cm³/mol. The SMILES string of the molecule is Cc1ccc(C23CC4CC(CC(C(=O)NCc5ccc(CS(C)(=O)=O)cc5)(C4)C2)C3)cc1. The summed E-state index contributed by atoms with van der Waals surface area (Å²) in [5.41, 5.74) is 4.41. The van der Waals surface area contributed by atoms with Crippen LogP contribution in [0.25, 0.3) is 0 Å². The first kappa shape index (κ1) is 21.7. The van der Waals surface area contributed by atoms with Crippen molar-refractivity contribution in [2.24, 2.45) is 17.3 Å². The molecule has 0 aliphatic heterocycles. The first-order valence-corrected chi connectivity index (χ1v) is 13.8. The number of hydrogen-bond acceptors (Lipinski definition) is 3. The van der Waals surface area contributed by atoms with Crippen molar-refractivity contribution in [3.63, 3.8) is 0 Å². The van der Waals surface area contributed by atoms with Crippen LogP contribution in [0.1, 0.15) is 60.8 Å². The van der Waals surface area contributed by atoms with Gasteiger partial charge in [0.2, 0.25) is 5.91 Å². The minimum atomic E-state index is -3.04. The molecule has 0 aromatic heterocycles. The van der Waals surface area contributed by atoms with Gasteiger partial charge < -0.3 is 5.32 Å². The van der Waals surface area contributed by atoms with Crippen LogP contribution >= 0.6 is 0 Å². The van der Waals surface area contributed by atoms with E-state index in [2.05, 4.69) is 36.5 Å². The predicted octanol–water partition coefficient (Wildman–Crippen LogP) is 4.69. The third-order valence-electron chi connectivity index (χ3n) is 8.11. The van der Waals surface area contributed by atoms with Crippen molar-refractivity contribution in [3.8, 4) is 0 Å². The maximum atomic E-state index is 13.6. The molecule has 0 spiro atoms. The zero-order valence-electron chi connectivity index (χ0n) is 19.1. The Labute approximate surface area is 191 Å². The van der Waals surface area contributed by atoms with E-state index < -0.39 is 9.84 Å². The topological polar surface area (TPSA) is 63.2 Å². The fraction of sp³-hybridized carbons (Fsp3) is 0.519. The van der Waals surface area contributed by atoms with E-state index in [9.17, 15) is 13.2 Å². The standard InChI is InChI=1S/C27H33NO3S/c1-19-3-9-24(10-4-19)26-12-22-11-23(13-26)15-27(14-22,18-26)25(29)28-16-20-5-7-21(8-6-20)17-32(2,30)31/h3-10,22-23H,11-18H2,1-2H3,(H,28,29). The Morgan fingerprint density at radius 2 is 1.53 bits per heavy atom. The number of hydrogen-bond donors (Lipinski definition) is 1. The highest BCUT2D eigenvalue weighted by Gasteiger charge is 2.60. The summed E-state index contributed by atoms with van der Waals surface area (Å²) in [5, 5.41) is 3.24. The molecule has 0 heterocycles. The lowest BCUT2D eigenvalue weighted by Gasteiger charge is -2.61. The first-order chi connectivity index (χ1) is 15.1. The Hall–Kier alpha value is -2.14. The molecule has 2 unspecified atom stereocenters. The Kier molecular flexibility index (Phi) is 5.23. The summed E-state index contributed by atoms with van der Waals surface area (Å²) in [6, 6.07) is 16.6. The Morgan fingerprint density at radius 3 is 2.12 bits per heavy atom. The molecule has 1 amide bonds. The molecular weight excluding hydrogens is 418 g/mol. The molecule has 2 aromatic rings. The van der Waals surface area contributed by atoms with Gasteiger partial charge in [0.25, 0.3) is 0 Å². The van der Waals surface area contributed by atoms with Gasteiger partial charge in [-0.05, 0) is 79.4 Å². The second-order valence-corrected chi connectivity index (χ2v) is 13.1. The molecule has 4 saturated carbocycles. The maximum Gasteiger partial charge on any atom is 0.226 e. The molecule has 170 valence electrons. The summed E-state index contributed by atoms with van der Waals surface area (Å²) in [7, 11) is -3.04. The number of benzene rings is 2. The summed E-state index contributed by atoms with van der Waals surface area (Å²) in [5.74, 6) is 1.56. The van der Waals surface area contributed by atoms with E-state index in [1.54, 1.807) is 0 Å². The molecule has 4 aliphatic carbocycles. The van der Waals surface area contributed by atoms with Crippen LogP contribution in [-0.2, 0) is 32.3 Å². The Balaban J connectivity index is 1.31. The highest BCUT2D eigenvalue weighted by Crippen LogP contribution is 2.65. The Bertz CT molecular complexity index is 1100. The van der Waals surface area contributed by atoms with E-state index in [0.717, 1.165) is 30.4 Å². The van der Waals surface area contributed by atoms with Crippen molar-refractivity contribution < 1.29 is 13.2 Å². The average Bonchev–Trinajstić information content (AvgIpc) is 2.71. The highest BCUT2D eigenvalue weighted by molar-refractivity contribution is 7.89. The zero-order chi connectivity index (χ0) is 22.6. The monoisotopic (exact) mass is 451 g/mol. The normalized spacial score (nSPS) is 30.9. The average molecular weight is 452 g/mol. The lowest BCUT2D eigenvalue weighted by Crippen LogP contribution is -2.59. The summed E-state index contributed by atoms with van der Waals surface area (Å²) >= 11 is 0. The quantitative estimate of drug-likeness (QED) is 0.693. The molecular formula is C27H33NO3S. The van der Waals surface area contributed by atoms with Crippen molar-refractivity contribution >= 4 is 15.7 Å². The fourth-order valence-electron chi connectivity index (χ4n) is 7.20. The summed E-state index contributed by atoms with van der Waals surface area (Å²) in [4.78, 5) is 13.6. The van der Waals surface area contributed by atoms with Crippen molar-refractivity contribution in [1.29, 1.82) is 0 Å². The highest BCUT2D eigenvalue weighted by atomic mass is 32.2. The zero-order valence-corrected chi connectivity index (χ0v) is 19.9. The molecule has 4 fully saturated rings. The van der Waals surface area contributed by atoms with Crippen LogP contribution in [-0.4, -0.2) is 20.6 Å². The Morgan fingerprint density at radius 1 is 0.938 bits per heavy atom. The van der Waals surface area contributed by atoms with E-state index >= 15 is 0 Å². The summed E-state index contributed by atoms with van der Waals surface area (Å²) in [6.45, 7) is 2.62. The van der Waals surface area contributed by atoms with Crippen LogP contribution in [0.4, 0.5) is 0 Å². The largest absolute Gasteiger partial charge is 0.352 e. The van der Waals surface area contributed by atoms with Gasteiger partial charge in [0.15, 0.2) is 9.84 Å². The molecule has 2 aromatic carbocycles. The molecule has 6 rings (SSSR count). The molecule has 4 aliphatic rings. The van der Waals surface area contributed by atoms with Crippen molar-refractivity contribution in [1.82, 2.24) is 5.32 Å². The van der Waals surface area contributed by atoms with Crippen LogP contribution in [0, 0.1) is 24.2 Å². The number of sulfone groups is 1. The van der Waals surface area contributed by atoms with E-state index in [1.165, 1.54) is 36.6 Å². The van der Waals surface area contributed by atoms with Gasteiger partial charge in [-0.3, -0.25) is 4.79 Å². The third-order valence-corrected chi connectivity index (χ3v) is 8.97. The summed E-state index contributed by atoms with van der Waals surface area (Å²) in [6.07, 6.45) is 7.99. The maximum absolute atomic E-state index is 13.6. The second-order valence-electron chi connectivity index (χ2n) is 11.0. The summed E-state index contributed by atoms with van der Waals surface area (Å²) < 4.78 is 23.0. The molecule has 4 nitrogen and oxygen atoms in total. The van der Waals surface area contributed by atoms with Gasteiger partial charge in [-0.25, -0.2) is 8.42 Å². The number of rotatable bonds is 6. The van der Waals surface area contributed by atoms with Crippen LogP contribution < -0.4 is 5.32 Å². The smallest absolute Gasteiger partial charge is 0.226 e. The van der Waals surface area contributed by atoms with Crippen LogP contribution in [0.2, 0.25) is 0 Å². The minimum absolute atomic E-state index is 0.0482. The van der Waals surface area contributed by atoms with E-state index in [0.29, 0.717) is 18.4 Å². The lowest BCUT2D eigenvalue weighted by molar-refractivity contribution is -0.149. The van der Waals surface area contributed by atoms with Gasteiger partial charge in [-0.15, -0.1) is 0 Å². The molecule has 1 N–H and O–H groups in total. The molecule has 4 bridgehead atoms. The lowest BCUT2D eigenvalue weighted by atomic mass is 9.42. The van der Waals surface area contributed by atoms with Crippen LogP contribution in [0.15, 0.2) is 48.5 Å². The second kappa shape index (κ2) is 7.72. The van der Waals surface area contributed by atoms with Crippen molar-refractivity contribution in [3.05, 3.63) is 70.8 Å². The van der Waals surface area contributed by atoms with Crippen molar-refractivity contribution in [2.75, 3.05) is 6.26 Å². The van der Waals surface area contributed by atoms with Gasteiger partial charge in [0, 0.05) is 12.8 Å². The molecule has 2 atom stereocenters. The van der Waals surface area contributed by atoms with E-state index in [-0.39, 0.29) is 22.5 Å². The van der Waals surface area contributed by atoms with Gasteiger partial charge in [0.05, 0.1) is 11.2 Å². The van der Waals surface area contributed by atoms with Gasteiger partial charge in [0.1, 0.15) is 0 Å². The van der Waals surface area contributed by atoms with Gasteiger partial charge in [-0.2, -0.15) is 0 Å². The fourth-order valence-corrected chi connectivity index (χ4v) is 8.00. The first-order valence-electron chi connectivity index (χ1n) is 11.8. The molecule has 5 heteroatoms. The molecule has 32 heavy (non-hydrogen) atoms. The number of nitrogens with one attached hydrogen (secondary N) is 1. The number of amides is 1. The van der Waals surface area contributed by atoms with Gasteiger partial charge >= 0.3 is 0 Å². The van der Waals surface area contributed by atoms with E-state index in [4.69, 9.17) is 0 Å². The third kappa shape index (κ3) is 4.12. The number of aryl methyl sites for hydroxylation is 1. The van der Waals surface area contributed by atoms with E-state index in [1.807, 2.05) is 24.3 Å². The van der Waals surface area contributed by atoms with Crippen LogP contribution in [0.3, 0.4) is 0 Å².